The predicted octanol–water partition coefficient (Wildman–Crippen LogP) is 2.92. The standard InChI is InChI=1S/C15H28N2O2S/c1-20-14-8-7-12(11-14)17-15(18)16-9-4-6-13-5-2-3-10-19-13/h12-14H,2-11H2,1H3,(H2,16,17,18)/t12-,13+,14-/m1/s1. The first kappa shape index (κ1) is 16.0. The number of nitrogens with one attached hydrogen (secondary N) is 2. The summed E-state index contributed by atoms with van der Waals surface area (Å²) in [4.78, 5) is 11.8. The third-order valence-corrected chi connectivity index (χ3v) is 5.41. The molecule has 1 heterocycles. The van der Waals surface area contributed by atoms with Gasteiger partial charge in [-0.3, -0.25) is 0 Å². The minimum absolute atomic E-state index is 0.00122. The number of hydrogen-bond donors (Lipinski definition) is 2. The van der Waals surface area contributed by atoms with Gasteiger partial charge < -0.3 is 15.4 Å². The summed E-state index contributed by atoms with van der Waals surface area (Å²) in [7, 11) is 0. The van der Waals surface area contributed by atoms with Crippen molar-refractivity contribution in [2.24, 2.45) is 0 Å². The molecule has 1 aliphatic heterocycles. The molecule has 1 saturated carbocycles. The Balaban J connectivity index is 1.50. The molecule has 0 bridgehead atoms. The molecule has 20 heavy (non-hydrogen) atoms. The third-order valence-electron chi connectivity index (χ3n) is 4.32. The van der Waals surface area contributed by atoms with Crippen molar-refractivity contribution in [3.8, 4) is 0 Å². The van der Waals surface area contributed by atoms with Crippen LogP contribution in [0.5, 0.6) is 0 Å². The number of rotatable bonds is 6. The molecule has 1 aliphatic carbocycles. The van der Waals surface area contributed by atoms with Crippen molar-refractivity contribution in [3.05, 3.63) is 0 Å². The van der Waals surface area contributed by atoms with Crippen LogP contribution in [-0.4, -0.2) is 42.8 Å². The predicted molar refractivity (Wildman–Crippen MR) is 84.3 cm³/mol. The summed E-state index contributed by atoms with van der Waals surface area (Å²) in [6.07, 6.45) is 11.8. The topological polar surface area (TPSA) is 50.4 Å². The molecule has 0 unspecified atom stereocenters. The quantitative estimate of drug-likeness (QED) is 0.742. The van der Waals surface area contributed by atoms with Crippen LogP contribution in [0.2, 0.25) is 0 Å². The first-order valence-corrected chi connectivity index (χ1v) is 9.25. The molecule has 2 aliphatic rings. The van der Waals surface area contributed by atoms with E-state index >= 15 is 0 Å². The molecule has 0 aromatic carbocycles. The molecule has 0 radical (unpaired) electrons. The Morgan fingerprint density at radius 2 is 2.20 bits per heavy atom. The van der Waals surface area contributed by atoms with Gasteiger partial charge in [-0.15, -0.1) is 0 Å². The van der Waals surface area contributed by atoms with Crippen molar-refractivity contribution >= 4 is 17.8 Å². The van der Waals surface area contributed by atoms with Crippen molar-refractivity contribution in [1.29, 1.82) is 0 Å². The number of hydrogen-bond acceptors (Lipinski definition) is 3. The van der Waals surface area contributed by atoms with Crippen LogP contribution in [0.1, 0.15) is 51.4 Å². The zero-order valence-corrected chi connectivity index (χ0v) is 13.3. The summed E-state index contributed by atoms with van der Waals surface area (Å²) in [5, 5.41) is 6.78. The molecule has 2 fully saturated rings. The fraction of sp³-hybridized carbons (Fsp3) is 0.933. The molecule has 0 aromatic rings. The second-order valence-electron chi connectivity index (χ2n) is 5.90. The molecule has 2 amide bonds. The van der Waals surface area contributed by atoms with E-state index in [1.165, 1.54) is 25.7 Å². The first-order valence-electron chi connectivity index (χ1n) is 7.96. The van der Waals surface area contributed by atoms with Gasteiger partial charge in [0.2, 0.25) is 0 Å². The maximum Gasteiger partial charge on any atom is 0.315 e. The lowest BCUT2D eigenvalue weighted by Gasteiger charge is -2.22. The van der Waals surface area contributed by atoms with E-state index in [-0.39, 0.29) is 6.03 Å². The van der Waals surface area contributed by atoms with Crippen LogP contribution in [-0.2, 0) is 4.74 Å². The molecule has 4 nitrogen and oxygen atoms in total. The van der Waals surface area contributed by atoms with Crippen molar-refractivity contribution in [2.75, 3.05) is 19.4 Å². The Morgan fingerprint density at radius 1 is 1.30 bits per heavy atom. The van der Waals surface area contributed by atoms with Crippen LogP contribution in [0.3, 0.4) is 0 Å². The van der Waals surface area contributed by atoms with Gasteiger partial charge in [0, 0.05) is 24.4 Å². The molecule has 3 atom stereocenters. The highest BCUT2D eigenvalue weighted by atomic mass is 32.2. The number of ether oxygens (including phenoxy) is 1. The van der Waals surface area contributed by atoms with Crippen LogP contribution in [0.25, 0.3) is 0 Å². The van der Waals surface area contributed by atoms with E-state index in [2.05, 4.69) is 16.9 Å². The summed E-state index contributed by atoms with van der Waals surface area (Å²) in [5.41, 5.74) is 0. The molecule has 0 spiro atoms. The number of carbonyl (C=O) groups excluding carboxylic acids is 1. The molecular formula is C15H28N2O2S. The highest BCUT2D eigenvalue weighted by Crippen LogP contribution is 2.27. The molecular weight excluding hydrogens is 272 g/mol. The SMILES string of the molecule is CS[C@@H]1CC[C@@H](NC(=O)NCCC[C@@H]2CCCCO2)C1. The lowest BCUT2D eigenvalue weighted by atomic mass is 10.0. The van der Waals surface area contributed by atoms with E-state index in [0.29, 0.717) is 12.1 Å². The molecule has 5 heteroatoms. The average molecular weight is 300 g/mol. The summed E-state index contributed by atoms with van der Waals surface area (Å²) in [6, 6.07) is 0.371. The number of urea groups is 1. The minimum atomic E-state index is 0.00122. The van der Waals surface area contributed by atoms with Crippen LogP contribution in [0.4, 0.5) is 4.79 Å². The third kappa shape index (κ3) is 5.52. The number of thioether (sulfide) groups is 1. The van der Waals surface area contributed by atoms with Crippen molar-refractivity contribution < 1.29 is 9.53 Å². The lowest BCUT2D eigenvalue weighted by molar-refractivity contribution is 0.0103. The van der Waals surface area contributed by atoms with Crippen LogP contribution < -0.4 is 10.6 Å². The van der Waals surface area contributed by atoms with Gasteiger partial charge in [-0.2, -0.15) is 11.8 Å². The van der Waals surface area contributed by atoms with Gasteiger partial charge in [0.05, 0.1) is 6.10 Å². The molecule has 1 saturated heterocycles. The lowest BCUT2D eigenvalue weighted by Crippen LogP contribution is -2.41. The van der Waals surface area contributed by atoms with Gasteiger partial charge in [-0.25, -0.2) is 4.79 Å². The van der Waals surface area contributed by atoms with E-state index in [9.17, 15) is 4.79 Å². The minimum Gasteiger partial charge on any atom is -0.378 e. The van der Waals surface area contributed by atoms with Crippen molar-refractivity contribution in [2.45, 2.75) is 68.8 Å². The van der Waals surface area contributed by atoms with Gasteiger partial charge in [-0.1, -0.05) is 0 Å². The molecule has 2 rings (SSSR count). The fourth-order valence-corrected chi connectivity index (χ4v) is 3.88. The van der Waals surface area contributed by atoms with Gasteiger partial charge >= 0.3 is 6.03 Å². The second kappa shape index (κ2) is 8.78. The summed E-state index contributed by atoms with van der Waals surface area (Å²) in [6.45, 7) is 1.67. The van der Waals surface area contributed by atoms with Crippen molar-refractivity contribution in [1.82, 2.24) is 10.6 Å². The van der Waals surface area contributed by atoms with E-state index in [4.69, 9.17) is 4.74 Å². The zero-order chi connectivity index (χ0) is 14.2. The molecule has 116 valence electrons. The zero-order valence-electron chi connectivity index (χ0n) is 12.5. The Kier molecular flexibility index (Phi) is 7.00. The van der Waals surface area contributed by atoms with Gasteiger partial charge in [0.1, 0.15) is 0 Å². The molecule has 2 N–H and O–H groups in total. The number of carbonyl (C=O) groups is 1. The fourth-order valence-electron chi connectivity index (χ4n) is 3.09. The van der Waals surface area contributed by atoms with Crippen LogP contribution >= 0.6 is 11.8 Å². The summed E-state index contributed by atoms with van der Waals surface area (Å²) >= 11 is 1.91. The highest BCUT2D eigenvalue weighted by Gasteiger charge is 2.24. The van der Waals surface area contributed by atoms with E-state index in [1.54, 1.807) is 0 Å². The maximum atomic E-state index is 11.8. The second-order valence-corrected chi connectivity index (χ2v) is 7.04. The Hall–Kier alpha value is -0.420. The first-order chi connectivity index (χ1) is 9.78. The van der Waals surface area contributed by atoms with Gasteiger partial charge in [0.15, 0.2) is 0 Å². The summed E-state index contributed by atoms with van der Waals surface area (Å²) in [5.74, 6) is 0. The van der Waals surface area contributed by atoms with Crippen LogP contribution in [0.15, 0.2) is 0 Å². The molecule has 0 aromatic heterocycles. The van der Waals surface area contributed by atoms with Crippen molar-refractivity contribution in [3.63, 3.8) is 0 Å². The van der Waals surface area contributed by atoms with E-state index in [0.717, 1.165) is 44.1 Å². The monoisotopic (exact) mass is 300 g/mol. The van der Waals surface area contributed by atoms with Gasteiger partial charge in [-0.05, 0) is 57.6 Å². The Labute approximate surface area is 126 Å². The largest absolute Gasteiger partial charge is 0.378 e. The van der Waals surface area contributed by atoms with Gasteiger partial charge in [0.25, 0.3) is 0 Å². The highest BCUT2D eigenvalue weighted by molar-refractivity contribution is 7.99. The normalized spacial score (nSPS) is 30.1. The van der Waals surface area contributed by atoms with E-state index in [1.807, 2.05) is 11.8 Å². The smallest absolute Gasteiger partial charge is 0.315 e. The van der Waals surface area contributed by atoms with E-state index < -0.39 is 0 Å². The summed E-state index contributed by atoms with van der Waals surface area (Å²) < 4.78 is 5.69. The maximum absolute atomic E-state index is 11.8. The number of amides is 2. The average Bonchev–Trinajstić information content (AvgIpc) is 2.92. The van der Waals surface area contributed by atoms with Crippen LogP contribution in [0, 0.1) is 0 Å². The Bertz CT molecular complexity index is 296. The Morgan fingerprint density at radius 3 is 2.90 bits per heavy atom.